The van der Waals surface area contributed by atoms with Crippen molar-refractivity contribution in [3.8, 4) is 0 Å². The zero-order valence-electron chi connectivity index (χ0n) is 4.63. The van der Waals surface area contributed by atoms with E-state index in [4.69, 9.17) is 11.5 Å². The van der Waals surface area contributed by atoms with Crippen LogP contribution in [-0.4, -0.2) is 23.9 Å². The van der Waals surface area contributed by atoms with Gasteiger partial charge in [-0.15, -0.1) is 0 Å². The van der Waals surface area contributed by atoms with Gasteiger partial charge in [0.25, 0.3) is 0 Å². The molecule has 0 saturated carbocycles. The van der Waals surface area contributed by atoms with Crippen LogP contribution in [0.5, 0.6) is 0 Å². The number of rotatable bonds is 2. The fourth-order valence-electron chi connectivity index (χ4n) is 0.631. The first-order chi connectivity index (χ1) is 4.13. The van der Waals surface area contributed by atoms with Crippen LogP contribution in [0.4, 0.5) is 0 Å². The third kappa shape index (κ3) is 0.996. The summed E-state index contributed by atoms with van der Waals surface area (Å²) in [4.78, 5) is 20.5. The smallest absolute Gasteiger partial charge is 0.236 e. The molecule has 0 unspecified atom stereocenters. The zero-order valence-corrected chi connectivity index (χ0v) is 4.63. The summed E-state index contributed by atoms with van der Waals surface area (Å²) in [5.41, 5.74) is 9.63. The molecule has 5 nitrogen and oxygen atoms in total. The fourth-order valence-corrected chi connectivity index (χ4v) is 0.631. The molecular formula is C4H7N3O2. The standard InChI is InChI=1S/C4H7N3O2/c5-3(8)1-2(7-1)4(6)9/h1-2,7H,(H2,5,8)(H2,6,9)/t1-,2+. The predicted molar refractivity (Wildman–Crippen MR) is 29.1 cm³/mol. The highest BCUT2D eigenvalue weighted by atomic mass is 16.2. The number of nitrogens with one attached hydrogen (secondary N) is 1. The first kappa shape index (κ1) is 6.03. The Morgan fingerprint density at radius 2 is 1.44 bits per heavy atom. The molecule has 1 aliphatic heterocycles. The quantitative estimate of drug-likeness (QED) is 0.353. The van der Waals surface area contributed by atoms with E-state index in [0.717, 1.165) is 0 Å². The average molecular weight is 129 g/mol. The van der Waals surface area contributed by atoms with Crippen LogP contribution in [0.2, 0.25) is 0 Å². The highest BCUT2D eigenvalue weighted by Gasteiger charge is 2.45. The second kappa shape index (κ2) is 1.70. The molecule has 0 aromatic rings. The van der Waals surface area contributed by atoms with Gasteiger partial charge in [-0.05, 0) is 0 Å². The average Bonchev–Trinajstić information content (AvgIpc) is 2.39. The summed E-state index contributed by atoms with van der Waals surface area (Å²) in [6.45, 7) is 0. The van der Waals surface area contributed by atoms with Crippen molar-refractivity contribution < 1.29 is 9.59 Å². The molecule has 2 amide bonds. The SMILES string of the molecule is NC(=O)[C@H]1N[C@H]1C(N)=O. The lowest BCUT2D eigenvalue weighted by Crippen LogP contribution is -2.26. The summed E-state index contributed by atoms with van der Waals surface area (Å²) in [5, 5.41) is 2.52. The Hall–Kier alpha value is -1.10. The third-order valence-corrected chi connectivity index (χ3v) is 1.20. The van der Waals surface area contributed by atoms with E-state index in [2.05, 4.69) is 5.32 Å². The van der Waals surface area contributed by atoms with E-state index in [9.17, 15) is 9.59 Å². The van der Waals surface area contributed by atoms with Gasteiger partial charge in [0, 0.05) is 0 Å². The Morgan fingerprint density at radius 3 is 1.56 bits per heavy atom. The zero-order chi connectivity index (χ0) is 7.02. The first-order valence-corrected chi connectivity index (χ1v) is 2.47. The van der Waals surface area contributed by atoms with Crippen LogP contribution in [0.15, 0.2) is 0 Å². The van der Waals surface area contributed by atoms with Gasteiger partial charge in [0.1, 0.15) is 12.1 Å². The highest BCUT2D eigenvalue weighted by Crippen LogP contribution is 2.07. The number of primary amides is 2. The number of hydrogen-bond donors (Lipinski definition) is 3. The van der Waals surface area contributed by atoms with E-state index in [1.165, 1.54) is 0 Å². The van der Waals surface area contributed by atoms with Crippen LogP contribution in [0.25, 0.3) is 0 Å². The fraction of sp³-hybridized carbons (Fsp3) is 0.500. The molecule has 1 saturated heterocycles. The van der Waals surface area contributed by atoms with E-state index >= 15 is 0 Å². The predicted octanol–water partition coefficient (Wildman–Crippen LogP) is -2.70. The maximum absolute atomic E-state index is 10.2. The van der Waals surface area contributed by atoms with Crippen LogP contribution in [-0.2, 0) is 9.59 Å². The van der Waals surface area contributed by atoms with Crippen molar-refractivity contribution >= 4 is 11.8 Å². The number of hydrogen-bond acceptors (Lipinski definition) is 3. The molecule has 0 aromatic heterocycles. The van der Waals surface area contributed by atoms with Gasteiger partial charge in [-0.2, -0.15) is 0 Å². The summed E-state index contributed by atoms with van der Waals surface area (Å²) in [6, 6.07) is -1.05. The van der Waals surface area contributed by atoms with Crippen molar-refractivity contribution in [1.29, 1.82) is 0 Å². The summed E-state index contributed by atoms with van der Waals surface area (Å²) >= 11 is 0. The van der Waals surface area contributed by atoms with E-state index in [1.54, 1.807) is 0 Å². The molecule has 2 atom stereocenters. The summed E-state index contributed by atoms with van der Waals surface area (Å²) in [6.07, 6.45) is 0. The molecule has 0 aliphatic carbocycles. The molecule has 9 heavy (non-hydrogen) atoms. The van der Waals surface area contributed by atoms with Crippen molar-refractivity contribution in [3.63, 3.8) is 0 Å². The minimum atomic E-state index is -0.529. The first-order valence-electron chi connectivity index (χ1n) is 2.47. The van der Waals surface area contributed by atoms with E-state index in [0.29, 0.717) is 0 Å². The molecular weight excluding hydrogens is 122 g/mol. The van der Waals surface area contributed by atoms with Gasteiger partial charge in [-0.25, -0.2) is 0 Å². The summed E-state index contributed by atoms with van der Waals surface area (Å²) in [5.74, 6) is -1.06. The van der Waals surface area contributed by atoms with Gasteiger partial charge in [0.2, 0.25) is 11.8 Å². The molecule has 1 rings (SSSR count). The van der Waals surface area contributed by atoms with Crippen molar-refractivity contribution in [3.05, 3.63) is 0 Å². The molecule has 0 bridgehead atoms. The Balaban J connectivity index is 2.42. The van der Waals surface area contributed by atoms with Gasteiger partial charge in [0.15, 0.2) is 0 Å². The Bertz CT molecular complexity index is 149. The molecule has 0 aromatic carbocycles. The summed E-state index contributed by atoms with van der Waals surface area (Å²) in [7, 11) is 0. The molecule has 5 N–H and O–H groups in total. The minimum Gasteiger partial charge on any atom is -0.368 e. The van der Waals surface area contributed by atoms with Crippen LogP contribution in [0.1, 0.15) is 0 Å². The van der Waals surface area contributed by atoms with Crippen LogP contribution in [0.3, 0.4) is 0 Å². The van der Waals surface area contributed by atoms with Crippen molar-refractivity contribution in [2.45, 2.75) is 12.1 Å². The van der Waals surface area contributed by atoms with E-state index in [1.807, 2.05) is 0 Å². The molecule has 5 heteroatoms. The molecule has 0 radical (unpaired) electrons. The maximum Gasteiger partial charge on any atom is 0.236 e. The number of carbonyl (C=O) groups excluding carboxylic acids is 2. The Morgan fingerprint density at radius 1 is 1.11 bits per heavy atom. The lowest BCUT2D eigenvalue weighted by molar-refractivity contribution is -0.121. The number of amides is 2. The van der Waals surface area contributed by atoms with Gasteiger partial charge in [-0.3, -0.25) is 14.9 Å². The van der Waals surface area contributed by atoms with Crippen molar-refractivity contribution in [2.24, 2.45) is 11.5 Å². The van der Waals surface area contributed by atoms with Crippen molar-refractivity contribution in [2.75, 3.05) is 0 Å². The topological polar surface area (TPSA) is 108 Å². The number of nitrogens with two attached hydrogens (primary N) is 2. The molecule has 1 heterocycles. The van der Waals surface area contributed by atoms with Gasteiger partial charge < -0.3 is 11.5 Å². The summed E-state index contributed by atoms with van der Waals surface area (Å²) < 4.78 is 0. The van der Waals surface area contributed by atoms with Crippen molar-refractivity contribution in [1.82, 2.24) is 5.32 Å². The molecule has 1 aliphatic rings. The van der Waals surface area contributed by atoms with Gasteiger partial charge >= 0.3 is 0 Å². The monoisotopic (exact) mass is 129 g/mol. The second-order valence-electron chi connectivity index (χ2n) is 1.93. The molecule has 0 spiro atoms. The van der Waals surface area contributed by atoms with E-state index in [-0.39, 0.29) is 0 Å². The largest absolute Gasteiger partial charge is 0.368 e. The molecule has 50 valence electrons. The Kier molecular flexibility index (Phi) is 1.14. The van der Waals surface area contributed by atoms with Crippen LogP contribution < -0.4 is 16.8 Å². The number of carbonyl (C=O) groups is 2. The maximum atomic E-state index is 10.2. The Labute approximate surface area is 51.4 Å². The van der Waals surface area contributed by atoms with E-state index < -0.39 is 23.9 Å². The van der Waals surface area contributed by atoms with Crippen LogP contribution >= 0.6 is 0 Å². The molecule has 1 fully saturated rings. The van der Waals surface area contributed by atoms with Gasteiger partial charge in [-0.1, -0.05) is 0 Å². The minimum absolute atomic E-state index is 0.525. The van der Waals surface area contributed by atoms with Crippen LogP contribution in [0, 0.1) is 0 Å². The second-order valence-corrected chi connectivity index (χ2v) is 1.93. The normalized spacial score (nSPS) is 31.6. The lowest BCUT2D eigenvalue weighted by atomic mass is 10.3. The lowest BCUT2D eigenvalue weighted by Gasteiger charge is -1.83. The van der Waals surface area contributed by atoms with Gasteiger partial charge in [0.05, 0.1) is 0 Å². The third-order valence-electron chi connectivity index (χ3n) is 1.20. The highest BCUT2D eigenvalue weighted by molar-refractivity contribution is 5.96.